The van der Waals surface area contributed by atoms with E-state index in [0.29, 0.717) is 18.0 Å². The van der Waals surface area contributed by atoms with Crippen LogP contribution in [0.3, 0.4) is 0 Å². The highest BCUT2D eigenvalue weighted by Crippen LogP contribution is 2.25. The molecule has 1 aliphatic heterocycles. The molecule has 6 nitrogen and oxygen atoms in total. The van der Waals surface area contributed by atoms with Crippen LogP contribution in [0.1, 0.15) is 16.1 Å². The first kappa shape index (κ1) is 10.1. The molecule has 1 aliphatic rings. The van der Waals surface area contributed by atoms with Crippen LogP contribution in [0.5, 0.6) is 0 Å². The van der Waals surface area contributed by atoms with Gasteiger partial charge in [-0.2, -0.15) is 0 Å². The van der Waals surface area contributed by atoms with E-state index in [2.05, 4.69) is 0 Å². The predicted octanol–water partition coefficient (Wildman–Crippen LogP) is 1.43. The molecule has 1 aromatic heterocycles. The molecule has 0 spiro atoms. The Hall–Kier alpha value is -1.47. The van der Waals surface area contributed by atoms with Gasteiger partial charge in [-0.25, -0.2) is 5.06 Å². The number of carbonyl (C=O) groups is 1. The van der Waals surface area contributed by atoms with Crippen molar-refractivity contribution in [2.45, 2.75) is 6.42 Å². The van der Waals surface area contributed by atoms with Crippen LogP contribution in [0.2, 0.25) is 0 Å². The summed E-state index contributed by atoms with van der Waals surface area (Å²) in [6.07, 6.45) is 0.805. The number of hydrogen-bond acceptors (Lipinski definition) is 5. The highest BCUT2D eigenvalue weighted by Gasteiger charge is 2.24. The van der Waals surface area contributed by atoms with Gasteiger partial charge in [0.2, 0.25) is 0 Å². The number of rotatable bonds is 2. The Kier molecular flexibility index (Phi) is 2.65. The molecule has 2 rings (SSSR count). The Balaban J connectivity index is 2.14. The van der Waals surface area contributed by atoms with Crippen LogP contribution >= 0.6 is 11.3 Å². The summed E-state index contributed by atoms with van der Waals surface area (Å²) in [5, 5.41) is 11.6. The van der Waals surface area contributed by atoms with Crippen LogP contribution in [0, 0.1) is 10.1 Å². The summed E-state index contributed by atoms with van der Waals surface area (Å²) in [5.41, 5.74) is 0. The third-order valence-electron chi connectivity index (χ3n) is 1.96. The maximum Gasteiger partial charge on any atom is 0.324 e. The number of thiophene rings is 1. The van der Waals surface area contributed by atoms with Crippen molar-refractivity contribution in [2.75, 3.05) is 13.2 Å². The summed E-state index contributed by atoms with van der Waals surface area (Å²) in [6.45, 7) is 1.07. The molecule has 1 saturated heterocycles. The highest BCUT2D eigenvalue weighted by atomic mass is 32.1. The fourth-order valence-corrected chi connectivity index (χ4v) is 2.03. The number of nitro groups is 1. The third kappa shape index (κ3) is 1.97. The topological polar surface area (TPSA) is 72.7 Å². The van der Waals surface area contributed by atoms with E-state index in [1.54, 1.807) is 0 Å². The molecule has 7 heteroatoms. The van der Waals surface area contributed by atoms with E-state index in [9.17, 15) is 14.9 Å². The van der Waals surface area contributed by atoms with E-state index in [-0.39, 0.29) is 10.9 Å². The van der Waals surface area contributed by atoms with E-state index >= 15 is 0 Å². The van der Waals surface area contributed by atoms with Crippen LogP contribution in [0.4, 0.5) is 5.00 Å². The minimum absolute atomic E-state index is 0.0300. The van der Waals surface area contributed by atoms with Gasteiger partial charge in [0.15, 0.2) is 0 Å². The second kappa shape index (κ2) is 3.95. The number of hydroxylamine groups is 2. The molecule has 0 N–H and O–H groups in total. The van der Waals surface area contributed by atoms with Gasteiger partial charge >= 0.3 is 5.00 Å². The fraction of sp³-hybridized carbons (Fsp3) is 0.375. The minimum Gasteiger partial charge on any atom is -0.271 e. The maximum atomic E-state index is 11.7. The fourth-order valence-electron chi connectivity index (χ4n) is 1.27. The van der Waals surface area contributed by atoms with Gasteiger partial charge in [-0.1, -0.05) is 11.3 Å². The second-order valence-electron chi connectivity index (χ2n) is 2.99. The summed E-state index contributed by atoms with van der Waals surface area (Å²) in [6, 6.07) is 2.78. The van der Waals surface area contributed by atoms with E-state index in [1.807, 2.05) is 0 Å². The highest BCUT2D eigenvalue weighted by molar-refractivity contribution is 7.17. The van der Waals surface area contributed by atoms with Crippen molar-refractivity contribution in [3.8, 4) is 0 Å². The van der Waals surface area contributed by atoms with Gasteiger partial charge in [0.05, 0.1) is 18.1 Å². The minimum atomic E-state index is -0.508. The first-order chi connectivity index (χ1) is 7.18. The second-order valence-corrected chi connectivity index (χ2v) is 4.05. The molecule has 0 unspecified atom stereocenters. The van der Waals surface area contributed by atoms with Gasteiger partial charge in [-0.3, -0.25) is 19.7 Å². The van der Waals surface area contributed by atoms with Crippen molar-refractivity contribution in [1.29, 1.82) is 0 Å². The summed E-state index contributed by atoms with van der Waals surface area (Å²) in [7, 11) is 0. The zero-order valence-corrected chi connectivity index (χ0v) is 8.53. The van der Waals surface area contributed by atoms with Crippen molar-refractivity contribution >= 4 is 22.2 Å². The van der Waals surface area contributed by atoms with Crippen LogP contribution in [-0.4, -0.2) is 29.0 Å². The quantitative estimate of drug-likeness (QED) is 0.567. The van der Waals surface area contributed by atoms with Gasteiger partial charge in [0, 0.05) is 6.07 Å². The average molecular weight is 228 g/mol. The monoisotopic (exact) mass is 228 g/mol. The Labute approximate surface area is 89.2 Å². The van der Waals surface area contributed by atoms with Crippen LogP contribution < -0.4 is 0 Å². The van der Waals surface area contributed by atoms with Gasteiger partial charge in [0.25, 0.3) is 5.91 Å². The standard InChI is InChI=1S/C8H8N2O4S/c11-8(9-4-1-5-14-9)6-2-3-7(15-6)10(12)13/h2-3H,1,4-5H2. The summed E-state index contributed by atoms with van der Waals surface area (Å²) < 4.78 is 0. The summed E-state index contributed by atoms with van der Waals surface area (Å²) >= 11 is 0.866. The molecule has 0 saturated carbocycles. The molecule has 0 aromatic carbocycles. The van der Waals surface area contributed by atoms with E-state index < -0.39 is 4.92 Å². The first-order valence-electron chi connectivity index (χ1n) is 4.37. The van der Waals surface area contributed by atoms with Gasteiger partial charge < -0.3 is 0 Å². The number of nitrogens with zero attached hydrogens (tertiary/aromatic N) is 2. The Morgan fingerprint density at radius 1 is 1.60 bits per heavy atom. The lowest BCUT2D eigenvalue weighted by atomic mass is 10.4. The van der Waals surface area contributed by atoms with E-state index in [1.165, 1.54) is 17.2 Å². The van der Waals surface area contributed by atoms with E-state index in [4.69, 9.17) is 4.84 Å². The summed E-state index contributed by atoms with van der Waals surface area (Å²) in [5.74, 6) is -0.300. The van der Waals surface area contributed by atoms with Crippen LogP contribution in [0.25, 0.3) is 0 Å². The lowest BCUT2D eigenvalue weighted by molar-refractivity contribution is -0.380. The van der Waals surface area contributed by atoms with Crippen molar-refractivity contribution in [3.63, 3.8) is 0 Å². The summed E-state index contributed by atoms with van der Waals surface area (Å²) in [4.78, 5) is 27.0. The van der Waals surface area contributed by atoms with Crippen LogP contribution in [-0.2, 0) is 4.84 Å². The predicted molar refractivity (Wildman–Crippen MR) is 52.6 cm³/mol. The largest absolute Gasteiger partial charge is 0.324 e. The molecule has 1 fully saturated rings. The molecule has 2 heterocycles. The lowest BCUT2D eigenvalue weighted by Gasteiger charge is -2.11. The smallest absolute Gasteiger partial charge is 0.271 e. The SMILES string of the molecule is O=C(c1ccc([N+](=O)[O-])s1)N1CCCO1. The molecule has 1 aromatic rings. The number of amides is 1. The third-order valence-corrected chi connectivity index (χ3v) is 2.99. The van der Waals surface area contributed by atoms with Gasteiger partial charge in [-0.05, 0) is 12.5 Å². The van der Waals surface area contributed by atoms with Crippen molar-refractivity contribution < 1.29 is 14.6 Å². The van der Waals surface area contributed by atoms with Gasteiger partial charge in [-0.15, -0.1) is 0 Å². The number of hydrogen-bond donors (Lipinski definition) is 0. The number of carbonyl (C=O) groups excluding carboxylic acids is 1. The lowest BCUT2D eigenvalue weighted by Crippen LogP contribution is -2.25. The van der Waals surface area contributed by atoms with Crippen molar-refractivity contribution in [3.05, 3.63) is 27.1 Å². The molecule has 0 aliphatic carbocycles. The van der Waals surface area contributed by atoms with Crippen LogP contribution in [0.15, 0.2) is 12.1 Å². The van der Waals surface area contributed by atoms with Gasteiger partial charge in [0.1, 0.15) is 4.88 Å². The molecular weight excluding hydrogens is 220 g/mol. The molecule has 80 valence electrons. The van der Waals surface area contributed by atoms with Crippen molar-refractivity contribution in [1.82, 2.24) is 5.06 Å². The molecule has 15 heavy (non-hydrogen) atoms. The molecule has 0 bridgehead atoms. The first-order valence-corrected chi connectivity index (χ1v) is 5.19. The zero-order chi connectivity index (χ0) is 10.8. The molecule has 0 radical (unpaired) electrons. The molecule has 0 atom stereocenters. The maximum absolute atomic E-state index is 11.7. The van der Waals surface area contributed by atoms with E-state index in [0.717, 1.165) is 17.8 Å². The zero-order valence-electron chi connectivity index (χ0n) is 7.71. The Morgan fingerprint density at radius 3 is 2.93 bits per heavy atom. The Morgan fingerprint density at radius 2 is 2.40 bits per heavy atom. The average Bonchev–Trinajstić information content (AvgIpc) is 2.88. The normalized spacial score (nSPS) is 15.6. The van der Waals surface area contributed by atoms with Crippen molar-refractivity contribution in [2.24, 2.45) is 0 Å². The Bertz CT molecular complexity index is 397. The molecule has 1 amide bonds. The molecular formula is C8H8N2O4S.